The third-order valence-corrected chi connectivity index (χ3v) is 5.32. The van der Waals surface area contributed by atoms with Gasteiger partial charge in [-0.05, 0) is 25.7 Å². The summed E-state index contributed by atoms with van der Waals surface area (Å²) >= 11 is 0. The first kappa shape index (κ1) is 15.8. The lowest BCUT2D eigenvalue weighted by molar-refractivity contribution is -0.144. The van der Waals surface area contributed by atoms with E-state index in [1.165, 1.54) is 12.8 Å². The number of amides is 1. The summed E-state index contributed by atoms with van der Waals surface area (Å²) < 4.78 is 0. The van der Waals surface area contributed by atoms with E-state index in [0.29, 0.717) is 13.1 Å². The number of carbonyl (C=O) groups excluding carboxylic acids is 1. The van der Waals surface area contributed by atoms with Crippen LogP contribution >= 0.6 is 0 Å². The molecular weight excluding hydrogens is 252 g/mol. The van der Waals surface area contributed by atoms with E-state index in [0.717, 1.165) is 51.4 Å². The Kier molecular flexibility index (Phi) is 5.08. The fraction of sp³-hybridized carbons (Fsp3) is 0.938. The van der Waals surface area contributed by atoms with Crippen molar-refractivity contribution in [2.24, 2.45) is 11.1 Å². The van der Waals surface area contributed by atoms with Crippen LogP contribution in [0.1, 0.15) is 64.2 Å². The molecule has 0 atom stereocenters. The van der Waals surface area contributed by atoms with Crippen molar-refractivity contribution in [1.29, 1.82) is 0 Å². The van der Waals surface area contributed by atoms with Gasteiger partial charge < -0.3 is 15.7 Å². The Morgan fingerprint density at radius 2 is 1.55 bits per heavy atom. The number of aliphatic hydroxyl groups is 1. The van der Waals surface area contributed by atoms with Crippen LogP contribution in [-0.4, -0.2) is 41.7 Å². The second-order valence-electron chi connectivity index (χ2n) is 6.99. The number of nitrogens with zero attached hydrogens (tertiary/aromatic N) is 1. The molecule has 0 aromatic rings. The van der Waals surface area contributed by atoms with Crippen molar-refractivity contribution >= 4 is 5.91 Å². The summed E-state index contributed by atoms with van der Waals surface area (Å²) in [7, 11) is 1.83. The summed E-state index contributed by atoms with van der Waals surface area (Å²) in [6, 6.07) is 0. The van der Waals surface area contributed by atoms with E-state index in [9.17, 15) is 9.90 Å². The molecule has 2 rings (SSSR count). The third kappa shape index (κ3) is 3.34. The Morgan fingerprint density at radius 3 is 2.05 bits per heavy atom. The standard InChI is InChI=1S/C16H30N2O2/c1-18(13-16(20)10-6-7-11-16)14(19)15(12-17)8-4-2-3-5-9-15/h20H,2-13,17H2,1H3. The quantitative estimate of drug-likeness (QED) is 0.776. The van der Waals surface area contributed by atoms with Crippen LogP contribution in [0.15, 0.2) is 0 Å². The van der Waals surface area contributed by atoms with Gasteiger partial charge in [0.25, 0.3) is 0 Å². The lowest BCUT2D eigenvalue weighted by Crippen LogP contribution is -2.50. The van der Waals surface area contributed by atoms with Crippen molar-refractivity contribution in [3.05, 3.63) is 0 Å². The maximum atomic E-state index is 12.9. The largest absolute Gasteiger partial charge is 0.388 e. The molecule has 4 heteroatoms. The first-order valence-electron chi connectivity index (χ1n) is 8.19. The lowest BCUT2D eigenvalue weighted by atomic mass is 9.79. The van der Waals surface area contributed by atoms with Crippen molar-refractivity contribution in [3.8, 4) is 0 Å². The predicted octanol–water partition coefficient (Wildman–Crippen LogP) is 2.05. The van der Waals surface area contributed by atoms with Gasteiger partial charge in [-0.2, -0.15) is 0 Å². The van der Waals surface area contributed by atoms with E-state index >= 15 is 0 Å². The van der Waals surface area contributed by atoms with Crippen molar-refractivity contribution in [3.63, 3.8) is 0 Å². The molecule has 0 aliphatic heterocycles. The molecule has 1 amide bonds. The number of hydrogen-bond acceptors (Lipinski definition) is 3. The van der Waals surface area contributed by atoms with Gasteiger partial charge in [-0.25, -0.2) is 0 Å². The SMILES string of the molecule is CN(CC1(O)CCCC1)C(=O)C1(CN)CCCCCC1. The highest BCUT2D eigenvalue weighted by Gasteiger charge is 2.41. The third-order valence-electron chi connectivity index (χ3n) is 5.32. The number of nitrogens with two attached hydrogens (primary N) is 1. The molecule has 3 N–H and O–H groups in total. The molecule has 2 aliphatic carbocycles. The second-order valence-corrected chi connectivity index (χ2v) is 6.99. The molecule has 0 aromatic carbocycles. The highest BCUT2D eigenvalue weighted by Crippen LogP contribution is 2.37. The molecule has 116 valence electrons. The van der Waals surface area contributed by atoms with Gasteiger partial charge in [0, 0.05) is 20.1 Å². The average Bonchev–Trinajstić information content (AvgIpc) is 2.73. The zero-order valence-corrected chi connectivity index (χ0v) is 12.9. The minimum Gasteiger partial charge on any atom is -0.388 e. The van der Waals surface area contributed by atoms with Crippen molar-refractivity contribution in [1.82, 2.24) is 4.90 Å². The van der Waals surface area contributed by atoms with Gasteiger partial charge in [0.1, 0.15) is 0 Å². The second kappa shape index (κ2) is 6.44. The number of hydrogen-bond donors (Lipinski definition) is 2. The van der Waals surface area contributed by atoms with Gasteiger partial charge in [-0.3, -0.25) is 4.79 Å². The average molecular weight is 282 g/mol. The zero-order valence-electron chi connectivity index (χ0n) is 12.9. The fourth-order valence-electron chi connectivity index (χ4n) is 4.02. The summed E-state index contributed by atoms with van der Waals surface area (Å²) in [6.07, 6.45) is 10.2. The molecule has 0 saturated heterocycles. The molecule has 0 radical (unpaired) electrons. The zero-order chi connectivity index (χ0) is 14.6. The van der Waals surface area contributed by atoms with Crippen LogP contribution in [-0.2, 0) is 4.79 Å². The maximum absolute atomic E-state index is 12.9. The van der Waals surface area contributed by atoms with Crippen LogP contribution in [0, 0.1) is 5.41 Å². The Hall–Kier alpha value is -0.610. The molecular formula is C16H30N2O2. The maximum Gasteiger partial charge on any atom is 0.229 e. The first-order valence-corrected chi connectivity index (χ1v) is 8.19. The minimum absolute atomic E-state index is 0.155. The Bertz CT molecular complexity index is 329. The topological polar surface area (TPSA) is 66.6 Å². The van der Waals surface area contributed by atoms with Crippen LogP contribution in [0.3, 0.4) is 0 Å². The van der Waals surface area contributed by atoms with Crippen molar-refractivity contribution in [2.75, 3.05) is 20.1 Å². The van der Waals surface area contributed by atoms with Crippen LogP contribution in [0.2, 0.25) is 0 Å². The molecule has 4 nitrogen and oxygen atoms in total. The van der Waals surface area contributed by atoms with Crippen LogP contribution in [0.5, 0.6) is 0 Å². The van der Waals surface area contributed by atoms with Crippen LogP contribution in [0.4, 0.5) is 0 Å². The first-order chi connectivity index (χ1) is 9.51. The van der Waals surface area contributed by atoms with E-state index in [4.69, 9.17) is 5.73 Å². The molecule has 0 heterocycles. The lowest BCUT2D eigenvalue weighted by Gasteiger charge is -2.37. The van der Waals surface area contributed by atoms with E-state index in [2.05, 4.69) is 0 Å². The van der Waals surface area contributed by atoms with Gasteiger partial charge in [0.05, 0.1) is 11.0 Å². The van der Waals surface area contributed by atoms with Gasteiger partial charge >= 0.3 is 0 Å². The van der Waals surface area contributed by atoms with Gasteiger partial charge in [0.15, 0.2) is 0 Å². The minimum atomic E-state index is -0.662. The summed E-state index contributed by atoms with van der Waals surface area (Å²) in [5, 5.41) is 10.5. The summed E-state index contributed by atoms with van der Waals surface area (Å²) in [6.45, 7) is 0.905. The molecule has 2 saturated carbocycles. The monoisotopic (exact) mass is 282 g/mol. The van der Waals surface area contributed by atoms with E-state index < -0.39 is 5.60 Å². The van der Waals surface area contributed by atoms with E-state index in [1.54, 1.807) is 4.90 Å². The molecule has 0 aromatic heterocycles. The highest BCUT2D eigenvalue weighted by atomic mass is 16.3. The van der Waals surface area contributed by atoms with Gasteiger partial charge in [-0.15, -0.1) is 0 Å². The smallest absolute Gasteiger partial charge is 0.229 e. The van der Waals surface area contributed by atoms with Gasteiger partial charge in [-0.1, -0.05) is 38.5 Å². The molecule has 0 unspecified atom stereocenters. The molecule has 0 spiro atoms. The number of likely N-dealkylation sites (N-methyl/N-ethyl adjacent to an activating group) is 1. The summed E-state index contributed by atoms with van der Waals surface area (Å²) in [5.41, 5.74) is 4.94. The Balaban J connectivity index is 2.03. The normalized spacial score (nSPS) is 25.1. The van der Waals surface area contributed by atoms with Crippen molar-refractivity contribution < 1.29 is 9.90 Å². The van der Waals surface area contributed by atoms with Gasteiger partial charge in [0.2, 0.25) is 5.91 Å². The van der Waals surface area contributed by atoms with E-state index in [-0.39, 0.29) is 11.3 Å². The fourth-order valence-corrected chi connectivity index (χ4v) is 4.02. The number of carbonyl (C=O) groups is 1. The van der Waals surface area contributed by atoms with E-state index in [1.807, 2.05) is 7.05 Å². The summed E-state index contributed by atoms with van der Waals surface area (Å²) in [5.74, 6) is 0.155. The predicted molar refractivity (Wildman–Crippen MR) is 80.2 cm³/mol. The highest BCUT2D eigenvalue weighted by molar-refractivity contribution is 5.83. The Morgan fingerprint density at radius 1 is 1.05 bits per heavy atom. The molecule has 2 fully saturated rings. The molecule has 2 aliphatic rings. The van der Waals surface area contributed by atoms with Crippen molar-refractivity contribution in [2.45, 2.75) is 69.8 Å². The molecule has 0 bridgehead atoms. The number of rotatable bonds is 4. The van der Waals surface area contributed by atoms with Crippen LogP contribution < -0.4 is 5.73 Å². The van der Waals surface area contributed by atoms with Crippen LogP contribution in [0.25, 0.3) is 0 Å². The Labute approximate surface area is 122 Å². The summed E-state index contributed by atoms with van der Waals surface area (Å²) in [4.78, 5) is 14.6. The molecule has 20 heavy (non-hydrogen) atoms.